The average molecular weight is 240 g/mol. The third kappa shape index (κ3) is 3.26. The third-order valence-electron chi connectivity index (χ3n) is 3.20. The molecule has 2 atom stereocenters. The van der Waals surface area contributed by atoms with Crippen molar-refractivity contribution in [1.29, 1.82) is 0 Å². The van der Waals surface area contributed by atoms with Crippen LogP contribution in [0.15, 0.2) is 4.52 Å². The van der Waals surface area contributed by atoms with Gasteiger partial charge in [0.25, 0.3) is 0 Å². The Morgan fingerprint density at radius 2 is 2.24 bits per heavy atom. The standard InChI is InChI=1S/C12H20N2O3/c1-2-16-8-7-11-13-12(17-14-11)9-5-3-4-6-10(9)15/h9-10,15H,2-8H2,1H3. The van der Waals surface area contributed by atoms with Gasteiger partial charge in [0.15, 0.2) is 5.82 Å². The van der Waals surface area contributed by atoms with E-state index in [0.717, 1.165) is 25.7 Å². The van der Waals surface area contributed by atoms with Crippen molar-refractivity contribution >= 4 is 0 Å². The second-order valence-corrected chi connectivity index (χ2v) is 4.45. The maximum atomic E-state index is 9.89. The first-order chi connectivity index (χ1) is 8.31. The molecule has 0 bridgehead atoms. The van der Waals surface area contributed by atoms with Gasteiger partial charge < -0.3 is 14.4 Å². The summed E-state index contributed by atoms with van der Waals surface area (Å²) >= 11 is 0. The van der Waals surface area contributed by atoms with Crippen LogP contribution in [0, 0.1) is 0 Å². The van der Waals surface area contributed by atoms with Gasteiger partial charge in [-0.05, 0) is 19.8 Å². The zero-order valence-electron chi connectivity index (χ0n) is 10.3. The molecule has 1 aliphatic carbocycles. The fraction of sp³-hybridized carbons (Fsp3) is 0.833. The minimum Gasteiger partial charge on any atom is -0.392 e. The zero-order valence-corrected chi connectivity index (χ0v) is 10.3. The molecule has 0 spiro atoms. The first-order valence-corrected chi connectivity index (χ1v) is 6.39. The highest BCUT2D eigenvalue weighted by atomic mass is 16.5. The number of aliphatic hydroxyl groups excluding tert-OH is 1. The number of nitrogens with zero attached hydrogens (tertiary/aromatic N) is 2. The van der Waals surface area contributed by atoms with E-state index in [-0.39, 0.29) is 12.0 Å². The lowest BCUT2D eigenvalue weighted by molar-refractivity contribution is 0.0908. The van der Waals surface area contributed by atoms with Crippen LogP contribution in [-0.4, -0.2) is 34.6 Å². The number of aliphatic hydroxyl groups is 1. The minimum absolute atomic E-state index is 0.0251. The Balaban J connectivity index is 1.92. The van der Waals surface area contributed by atoms with E-state index in [9.17, 15) is 5.11 Å². The van der Waals surface area contributed by atoms with Crippen LogP contribution in [-0.2, 0) is 11.2 Å². The van der Waals surface area contributed by atoms with Crippen molar-refractivity contribution in [3.63, 3.8) is 0 Å². The molecule has 5 heteroatoms. The number of ether oxygens (including phenoxy) is 1. The van der Waals surface area contributed by atoms with E-state index in [2.05, 4.69) is 10.1 Å². The van der Waals surface area contributed by atoms with Crippen molar-refractivity contribution in [3.8, 4) is 0 Å². The lowest BCUT2D eigenvalue weighted by atomic mass is 9.86. The van der Waals surface area contributed by atoms with E-state index in [1.54, 1.807) is 0 Å². The van der Waals surface area contributed by atoms with Crippen LogP contribution in [0.3, 0.4) is 0 Å². The molecule has 1 aliphatic rings. The summed E-state index contributed by atoms with van der Waals surface area (Å²) in [7, 11) is 0. The van der Waals surface area contributed by atoms with Crippen LogP contribution in [0.2, 0.25) is 0 Å². The molecule has 2 rings (SSSR count). The fourth-order valence-electron chi connectivity index (χ4n) is 2.23. The Bertz CT molecular complexity index is 340. The van der Waals surface area contributed by atoms with Crippen molar-refractivity contribution in [1.82, 2.24) is 10.1 Å². The molecule has 1 aromatic rings. The van der Waals surface area contributed by atoms with Crippen LogP contribution in [0.25, 0.3) is 0 Å². The number of hydrogen-bond acceptors (Lipinski definition) is 5. The van der Waals surface area contributed by atoms with Gasteiger partial charge in [-0.3, -0.25) is 0 Å². The van der Waals surface area contributed by atoms with Crippen molar-refractivity contribution in [3.05, 3.63) is 11.7 Å². The van der Waals surface area contributed by atoms with Gasteiger partial charge in [-0.15, -0.1) is 0 Å². The smallest absolute Gasteiger partial charge is 0.232 e. The topological polar surface area (TPSA) is 68.4 Å². The highest BCUT2D eigenvalue weighted by Gasteiger charge is 2.29. The van der Waals surface area contributed by atoms with E-state index in [1.807, 2.05) is 6.92 Å². The highest BCUT2D eigenvalue weighted by Crippen LogP contribution is 2.31. The Labute approximate surface area is 101 Å². The van der Waals surface area contributed by atoms with Gasteiger partial charge in [-0.2, -0.15) is 4.98 Å². The maximum absolute atomic E-state index is 9.89. The normalized spacial score (nSPS) is 25.1. The molecule has 1 saturated carbocycles. The lowest BCUT2D eigenvalue weighted by Crippen LogP contribution is -2.22. The molecule has 1 fully saturated rings. The van der Waals surface area contributed by atoms with E-state index < -0.39 is 0 Å². The summed E-state index contributed by atoms with van der Waals surface area (Å²) in [6, 6.07) is 0. The Morgan fingerprint density at radius 1 is 1.41 bits per heavy atom. The monoisotopic (exact) mass is 240 g/mol. The summed E-state index contributed by atoms with van der Waals surface area (Å²) in [6.45, 7) is 3.27. The summed E-state index contributed by atoms with van der Waals surface area (Å²) in [4.78, 5) is 4.34. The molecule has 0 saturated heterocycles. The molecule has 2 unspecified atom stereocenters. The molecule has 1 N–H and O–H groups in total. The molecule has 17 heavy (non-hydrogen) atoms. The Hall–Kier alpha value is -0.940. The van der Waals surface area contributed by atoms with Gasteiger partial charge in [0.05, 0.1) is 18.6 Å². The summed E-state index contributed by atoms with van der Waals surface area (Å²) in [5.74, 6) is 1.28. The summed E-state index contributed by atoms with van der Waals surface area (Å²) in [5.41, 5.74) is 0. The molecule has 1 heterocycles. The van der Waals surface area contributed by atoms with Gasteiger partial charge in [-0.25, -0.2) is 0 Å². The SMILES string of the molecule is CCOCCc1noc(C2CCCCC2O)n1. The molecule has 0 amide bonds. The molecule has 0 aliphatic heterocycles. The number of hydrogen-bond donors (Lipinski definition) is 1. The van der Waals surface area contributed by atoms with Crippen molar-refractivity contribution < 1.29 is 14.4 Å². The highest BCUT2D eigenvalue weighted by molar-refractivity contribution is 4.99. The molecule has 0 aromatic carbocycles. The van der Waals surface area contributed by atoms with E-state index in [1.165, 1.54) is 0 Å². The molecule has 96 valence electrons. The summed E-state index contributed by atoms with van der Waals surface area (Å²) < 4.78 is 10.5. The van der Waals surface area contributed by atoms with Gasteiger partial charge in [-0.1, -0.05) is 18.0 Å². The molecule has 0 radical (unpaired) electrons. The Morgan fingerprint density at radius 3 is 3.00 bits per heavy atom. The van der Waals surface area contributed by atoms with Gasteiger partial charge in [0, 0.05) is 13.0 Å². The van der Waals surface area contributed by atoms with Gasteiger partial charge >= 0.3 is 0 Å². The lowest BCUT2D eigenvalue weighted by Gasteiger charge is -2.24. The molecule has 1 aromatic heterocycles. The van der Waals surface area contributed by atoms with E-state index in [0.29, 0.717) is 31.3 Å². The van der Waals surface area contributed by atoms with Crippen LogP contribution in [0.1, 0.15) is 50.2 Å². The molecular weight excluding hydrogens is 220 g/mol. The van der Waals surface area contributed by atoms with Crippen molar-refractivity contribution in [2.75, 3.05) is 13.2 Å². The van der Waals surface area contributed by atoms with Gasteiger partial charge in [0.2, 0.25) is 5.89 Å². The second kappa shape index (κ2) is 6.12. The first-order valence-electron chi connectivity index (χ1n) is 6.39. The second-order valence-electron chi connectivity index (χ2n) is 4.45. The van der Waals surface area contributed by atoms with Crippen LogP contribution in [0.5, 0.6) is 0 Å². The van der Waals surface area contributed by atoms with Crippen molar-refractivity contribution in [2.24, 2.45) is 0 Å². The first kappa shape index (κ1) is 12.5. The van der Waals surface area contributed by atoms with E-state index in [4.69, 9.17) is 9.26 Å². The molecular formula is C12H20N2O3. The van der Waals surface area contributed by atoms with Crippen LogP contribution < -0.4 is 0 Å². The van der Waals surface area contributed by atoms with E-state index >= 15 is 0 Å². The zero-order chi connectivity index (χ0) is 12.1. The summed E-state index contributed by atoms with van der Waals surface area (Å²) in [6.07, 6.45) is 4.32. The largest absolute Gasteiger partial charge is 0.392 e. The maximum Gasteiger partial charge on any atom is 0.232 e. The van der Waals surface area contributed by atoms with Gasteiger partial charge in [0.1, 0.15) is 0 Å². The fourth-order valence-corrected chi connectivity index (χ4v) is 2.23. The van der Waals surface area contributed by atoms with Crippen LogP contribution in [0.4, 0.5) is 0 Å². The minimum atomic E-state index is -0.330. The quantitative estimate of drug-likeness (QED) is 0.793. The predicted octanol–water partition coefficient (Wildman–Crippen LogP) is 1.67. The van der Waals surface area contributed by atoms with Crippen LogP contribution >= 0.6 is 0 Å². The third-order valence-corrected chi connectivity index (χ3v) is 3.20. The predicted molar refractivity (Wildman–Crippen MR) is 61.7 cm³/mol. The Kier molecular flexibility index (Phi) is 4.50. The number of rotatable bonds is 5. The number of aromatic nitrogens is 2. The molecule has 5 nitrogen and oxygen atoms in total. The summed E-state index contributed by atoms with van der Waals surface area (Å²) in [5, 5.41) is 13.8. The average Bonchev–Trinajstić information content (AvgIpc) is 2.79. The van der Waals surface area contributed by atoms with Crippen molar-refractivity contribution in [2.45, 2.75) is 51.0 Å².